The lowest BCUT2D eigenvalue weighted by Crippen LogP contribution is -2.40. The monoisotopic (exact) mass is 360 g/mol. The average molecular weight is 361 g/mol. The van der Waals surface area contributed by atoms with Crippen LogP contribution in [0.2, 0.25) is 5.02 Å². The molecular formula is C19H25ClN4O. The summed E-state index contributed by atoms with van der Waals surface area (Å²) in [5.41, 5.74) is 8.33. The van der Waals surface area contributed by atoms with Gasteiger partial charge < -0.3 is 11.1 Å². The molecule has 0 atom stereocenters. The Labute approximate surface area is 153 Å². The first-order chi connectivity index (χ1) is 12.0. The molecule has 134 valence electrons. The average Bonchev–Trinajstić information content (AvgIpc) is 3.02. The van der Waals surface area contributed by atoms with Crippen molar-refractivity contribution in [1.82, 2.24) is 15.1 Å². The maximum atomic E-state index is 12.8. The first-order valence-corrected chi connectivity index (χ1v) is 9.23. The minimum Gasteiger partial charge on any atom is -0.349 e. The van der Waals surface area contributed by atoms with Crippen LogP contribution in [0.4, 0.5) is 0 Å². The summed E-state index contributed by atoms with van der Waals surface area (Å²) in [6, 6.07) is 7.96. The predicted molar refractivity (Wildman–Crippen MR) is 100 cm³/mol. The summed E-state index contributed by atoms with van der Waals surface area (Å²) in [6.45, 7) is 4.13. The Bertz CT molecular complexity index is 748. The third-order valence-corrected chi connectivity index (χ3v) is 4.99. The molecule has 1 aromatic heterocycles. The van der Waals surface area contributed by atoms with Crippen molar-refractivity contribution in [2.24, 2.45) is 5.73 Å². The molecule has 0 bridgehead atoms. The molecule has 6 heteroatoms. The summed E-state index contributed by atoms with van der Waals surface area (Å²) in [6.07, 6.45) is 5.45. The van der Waals surface area contributed by atoms with Gasteiger partial charge in [-0.15, -0.1) is 0 Å². The summed E-state index contributed by atoms with van der Waals surface area (Å²) >= 11 is 6.11. The molecule has 1 amide bonds. The highest BCUT2D eigenvalue weighted by atomic mass is 35.5. The number of carbonyl (C=O) groups is 1. The highest BCUT2D eigenvalue weighted by molar-refractivity contribution is 6.30. The molecule has 3 rings (SSSR count). The molecular weight excluding hydrogens is 336 g/mol. The Morgan fingerprint density at radius 1 is 1.32 bits per heavy atom. The molecule has 1 aliphatic carbocycles. The number of benzene rings is 1. The van der Waals surface area contributed by atoms with Crippen LogP contribution in [0.15, 0.2) is 30.5 Å². The van der Waals surface area contributed by atoms with Gasteiger partial charge in [0.1, 0.15) is 0 Å². The Morgan fingerprint density at radius 3 is 2.68 bits per heavy atom. The van der Waals surface area contributed by atoms with E-state index in [1.807, 2.05) is 28.9 Å². The van der Waals surface area contributed by atoms with Crippen molar-refractivity contribution in [2.45, 2.75) is 57.5 Å². The molecule has 1 aliphatic rings. The number of nitrogens with one attached hydrogen (secondary N) is 1. The maximum absolute atomic E-state index is 12.8. The molecule has 5 nitrogen and oxygen atoms in total. The zero-order chi connectivity index (χ0) is 18.0. The van der Waals surface area contributed by atoms with E-state index < -0.39 is 0 Å². The molecule has 0 spiro atoms. The fraction of sp³-hybridized carbons (Fsp3) is 0.474. The molecule has 0 radical (unpaired) electrons. The Hall–Kier alpha value is -1.85. The van der Waals surface area contributed by atoms with E-state index >= 15 is 0 Å². The van der Waals surface area contributed by atoms with E-state index in [-0.39, 0.29) is 23.9 Å². The molecule has 1 fully saturated rings. The third kappa shape index (κ3) is 4.05. The smallest absolute Gasteiger partial charge is 0.255 e. The Kier molecular flexibility index (Phi) is 5.45. The lowest BCUT2D eigenvalue weighted by Gasteiger charge is -2.27. The molecule has 2 aromatic rings. The van der Waals surface area contributed by atoms with Crippen molar-refractivity contribution in [3.8, 4) is 5.69 Å². The van der Waals surface area contributed by atoms with Crippen LogP contribution >= 0.6 is 11.6 Å². The van der Waals surface area contributed by atoms with Crippen LogP contribution in [0.25, 0.3) is 5.69 Å². The Balaban J connectivity index is 1.85. The summed E-state index contributed by atoms with van der Waals surface area (Å²) in [5, 5.41) is 8.25. The van der Waals surface area contributed by atoms with E-state index in [0.29, 0.717) is 10.6 Å². The van der Waals surface area contributed by atoms with Gasteiger partial charge in [0.25, 0.3) is 5.91 Å². The van der Waals surface area contributed by atoms with Crippen LogP contribution in [-0.2, 0) is 0 Å². The van der Waals surface area contributed by atoms with Crippen molar-refractivity contribution in [3.05, 3.63) is 46.7 Å². The third-order valence-electron chi connectivity index (χ3n) is 4.76. The number of amides is 1. The molecule has 3 N–H and O–H groups in total. The van der Waals surface area contributed by atoms with Crippen LogP contribution in [0.1, 0.15) is 61.5 Å². The zero-order valence-electron chi connectivity index (χ0n) is 14.7. The molecule has 25 heavy (non-hydrogen) atoms. The van der Waals surface area contributed by atoms with Gasteiger partial charge in [0.05, 0.1) is 23.1 Å². The minimum absolute atomic E-state index is 0.0579. The summed E-state index contributed by atoms with van der Waals surface area (Å²) < 4.78 is 1.81. The van der Waals surface area contributed by atoms with Crippen molar-refractivity contribution < 1.29 is 4.79 Å². The van der Waals surface area contributed by atoms with Gasteiger partial charge in [-0.3, -0.25) is 4.79 Å². The highest BCUT2D eigenvalue weighted by Gasteiger charge is 2.25. The summed E-state index contributed by atoms with van der Waals surface area (Å²) in [4.78, 5) is 12.8. The van der Waals surface area contributed by atoms with Crippen LogP contribution in [-0.4, -0.2) is 27.8 Å². The Morgan fingerprint density at radius 2 is 2.04 bits per heavy atom. The van der Waals surface area contributed by atoms with E-state index in [1.165, 1.54) is 0 Å². The number of rotatable bonds is 4. The summed E-state index contributed by atoms with van der Waals surface area (Å²) in [7, 11) is 0. The van der Waals surface area contributed by atoms with Crippen LogP contribution in [0.3, 0.4) is 0 Å². The van der Waals surface area contributed by atoms with Gasteiger partial charge in [-0.25, -0.2) is 4.68 Å². The molecule has 0 unspecified atom stereocenters. The van der Waals surface area contributed by atoms with Gasteiger partial charge in [0, 0.05) is 17.1 Å². The van der Waals surface area contributed by atoms with Gasteiger partial charge in [0.15, 0.2) is 0 Å². The number of aromatic nitrogens is 2. The van der Waals surface area contributed by atoms with Crippen molar-refractivity contribution in [1.29, 1.82) is 0 Å². The van der Waals surface area contributed by atoms with Crippen molar-refractivity contribution >= 4 is 17.5 Å². The number of halogens is 1. The van der Waals surface area contributed by atoms with E-state index in [1.54, 1.807) is 6.20 Å². The molecule has 1 aromatic carbocycles. The number of nitrogens with zero attached hydrogens (tertiary/aromatic N) is 2. The first kappa shape index (κ1) is 18.0. The van der Waals surface area contributed by atoms with Gasteiger partial charge in [-0.2, -0.15) is 5.10 Å². The second kappa shape index (κ2) is 7.58. The van der Waals surface area contributed by atoms with Crippen LogP contribution < -0.4 is 11.1 Å². The first-order valence-electron chi connectivity index (χ1n) is 8.86. The fourth-order valence-electron chi connectivity index (χ4n) is 3.43. The largest absolute Gasteiger partial charge is 0.349 e. The molecule has 0 saturated heterocycles. The topological polar surface area (TPSA) is 72.9 Å². The fourth-order valence-corrected chi connectivity index (χ4v) is 3.61. The van der Waals surface area contributed by atoms with Crippen LogP contribution in [0, 0.1) is 0 Å². The predicted octanol–water partition coefficient (Wildman–Crippen LogP) is 3.65. The van der Waals surface area contributed by atoms with Gasteiger partial charge in [0.2, 0.25) is 0 Å². The number of carbonyl (C=O) groups excluding carboxylic acids is 1. The normalized spacial score (nSPS) is 20.7. The van der Waals surface area contributed by atoms with E-state index in [9.17, 15) is 4.79 Å². The van der Waals surface area contributed by atoms with Gasteiger partial charge in [-0.05, 0) is 49.8 Å². The van der Waals surface area contributed by atoms with E-state index in [4.69, 9.17) is 17.3 Å². The summed E-state index contributed by atoms with van der Waals surface area (Å²) in [5.74, 6) is 0.0967. The van der Waals surface area contributed by atoms with E-state index in [2.05, 4.69) is 24.3 Å². The minimum atomic E-state index is -0.0579. The number of hydrogen-bond acceptors (Lipinski definition) is 3. The lowest BCUT2D eigenvalue weighted by atomic mass is 9.91. The standard InChI is InChI=1S/C19H25ClN4O/c1-12(2)18-17(19(25)23-15-8-6-14(21)7-9-15)11-22-24(18)16-5-3-4-13(20)10-16/h3-5,10-12,14-15H,6-9,21H2,1-2H3,(H,23,25). The van der Waals surface area contributed by atoms with Crippen molar-refractivity contribution in [2.75, 3.05) is 0 Å². The molecule has 1 heterocycles. The van der Waals surface area contributed by atoms with Gasteiger partial charge >= 0.3 is 0 Å². The molecule has 1 saturated carbocycles. The SMILES string of the molecule is CC(C)c1c(C(=O)NC2CCC(N)CC2)cnn1-c1cccc(Cl)c1. The van der Waals surface area contributed by atoms with Gasteiger partial charge in [-0.1, -0.05) is 31.5 Å². The quantitative estimate of drug-likeness (QED) is 0.874. The second-order valence-corrected chi connectivity index (χ2v) is 7.51. The van der Waals surface area contributed by atoms with Crippen molar-refractivity contribution in [3.63, 3.8) is 0 Å². The number of nitrogens with two attached hydrogens (primary N) is 1. The molecule has 0 aliphatic heterocycles. The maximum Gasteiger partial charge on any atom is 0.255 e. The highest BCUT2D eigenvalue weighted by Crippen LogP contribution is 2.25. The second-order valence-electron chi connectivity index (χ2n) is 7.08. The van der Waals surface area contributed by atoms with Crippen LogP contribution in [0.5, 0.6) is 0 Å². The lowest BCUT2D eigenvalue weighted by molar-refractivity contribution is 0.0924. The zero-order valence-corrected chi connectivity index (χ0v) is 15.5. The van der Waals surface area contributed by atoms with E-state index in [0.717, 1.165) is 37.1 Å². The number of hydrogen-bond donors (Lipinski definition) is 2.